The van der Waals surface area contributed by atoms with E-state index in [9.17, 15) is 0 Å². The molecule has 0 bridgehead atoms. The molecule has 1 unspecified atom stereocenters. The van der Waals surface area contributed by atoms with Crippen molar-refractivity contribution in [1.29, 1.82) is 0 Å². The Labute approximate surface area is 105 Å². The number of benzene rings is 1. The van der Waals surface area contributed by atoms with Gasteiger partial charge in [-0.3, -0.25) is 0 Å². The quantitative estimate of drug-likeness (QED) is 0.735. The minimum atomic E-state index is 0.570. The molecule has 1 heterocycles. The van der Waals surface area contributed by atoms with E-state index >= 15 is 0 Å². The Morgan fingerprint density at radius 2 is 2.00 bits per heavy atom. The molecule has 0 fully saturated rings. The van der Waals surface area contributed by atoms with Crippen molar-refractivity contribution in [2.24, 2.45) is 5.92 Å². The van der Waals surface area contributed by atoms with Crippen molar-refractivity contribution in [3.8, 4) is 0 Å². The largest absolute Gasteiger partial charge is 0.461 e. The molecule has 0 aliphatic carbocycles. The second kappa shape index (κ2) is 5.05. The van der Waals surface area contributed by atoms with E-state index in [2.05, 4.69) is 41.9 Å². The predicted molar refractivity (Wildman–Crippen MR) is 72.1 cm³/mol. The first-order valence-electron chi connectivity index (χ1n) is 5.78. The Bertz CT molecular complexity index is 425. The van der Waals surface area contributed by atoms with Gasteiger partial charge in [-0.1, -0.05) is 48.0 Å². The summed E-state index contributed by atoms with van der Waals surface area (Å²) in [5.41, 5.74) is 0.994. The SMILES string of the molecule is CC(C)C(Br)CCc1cc2ccccc2o1. The summed E-state index contributed by atoms with van der Waals surface area (Å²) in [5.74, 6) is 1.76. The molecule has 1 atom stereocenters. The topological polar surface area (TPSA) is 13.1 Å². The Morgan fingerprint density at radius 1 is 1.25 bits per heavy atom. The zero-order chi connectivity index (χ0) is 11.5. The van der Waals surface area contributed by atoms with Crippen LogP contribution in [0.5, 0.6) is 0 Å². The first-order valence-corrected chi connectivity index (χ1v) is 6.70. The highest BCUT2D eigenvalue weighted by molar-refractivity contribution is 9.09. The third-order valence-electron chi connectivity index (χ3n) is 2.87. The van der Waals surface area contributed by atoms with Crippen molar-refractivity contribution in [3.05, 3.63) is 36.1 Å². The Balaban J connectivity index is 2.05. The van der Waals surface area contributed by atoms with Crippen LogP contribution in [-0.2, 0) is 6.42 Å². The third kappa shape index (κ3) is 2.67. The van der Waals surface area contributed by atoms with E-state index in [1.54, 1.807) is 0 Å². The number of fused-ring (bicyclic) bond motifs is 1. The second-order valence-corrected chi connectivity index (χ2v) is 5.73. The Kier molecular flexibility index (Phi) is 3.70. The minimum absolute atomic E-state index is 0.570. The van der Waals surface area contributed by atoms with Crippen LogP contribution in [-0.4, -0.2) is 4.83 Å². The highest BCUT2D eigenvalue weighted by Gasteiger charge is 2.10. The number of rotatable bonds is 4. The average Bonchev–Trinajstić information content (AvgIpc) is 2.68. The molecule has 86 valence electrons. The van der Waals surface area contributed by atoms with Crippen molar-refractivity contribution >= 4 is 26.9 Å². The van der Waals surface area contributed by atoms with E-state index in [4.69, 9.17) is 4.42 Å². The molecule has 0 aliphatic heterocycles. The number of hydrogen-bond acceptors (Lipinski definition) is 1. The van der Waals surface area contributed by atoms with E-state index < -0.39 is 0 Å². The van der Waals surface area contributed by atoms with E-state index in [1.165, 1.54) is 5.39 Å². The summed E-state index contributed by atoms with van der Waals surface area (Å²) in [6.07, 6.45) is 2.13. The molecule has 1 nitrogen and oxygen atoms in total. The zero-order valence-corrected chi connectivity index (χ0v) is 11.3. The van der Waals surface area contributed by atoms with Gasteiger partial charge in [0.15, 0.2) is 0 Å². The molecule has 16 heavy (non-hydrogen) atoms. The van der Waals surface area contributed by atoms with Crippen LogP contribution in [0.2, 0.25) is 0 Å². The number of hydrogen-bond donors (Lipinski definition) is 0. The summed E-state index contributed by atoms with van der Waals surface area (Å²) < 4.78 is 5.78. The summed E-state index contributed by atoms with van der Waals surface area (Å²) in [4.78, 5) is 0.570. The Morgan fingerprint density at radius 3 is 2.69 bits per heavy atom. The van der Waals surface area contributed by atoms with Crippen LogP contribution in [0, 0.1) is 5.92 Å². The molecule has 0 N–H and O–H groups in total. The molecule has 1 aromatic carbocycles. The standard InChI is InChI=1S/C14H17BrO/c1-10(2)13(15)8-7-12-9-11-5-3-4-6-14(11)16-12/h3-6,9-10,13H,7-8H2,1-2H3. The van der Waals surface area contributed by atoms with Crippen molar-refractivity contribution in [3.63, 3.8) is 0 Å². The van der Waals surface area contributed by atoms with Crippen LogP contribution in [0.15, 0.2) is 34.7 Å². The van der Waals surface area contributed by atoms with Gasteiger partial charge in [0.1, 0.15) is 11.3 Å². The predicted octanol–water partition coefficient (Wildman–Crippen LogP) is 4.78. The van der Waals surface area contributed by atoms with Crippen LogP contribution in [0.3, 0.4) is 0 Å². The van der Waals surface area contributed by atoms with Gasteiger partial charge in [0.2, 0.25) is 0 Å². The molecule has 0 amide bonds. The molecule has 1 aromatic heterocycles. The van der Waals surface area contributed by atoms with Crippen molar-refractivity contribution in [1.82, 2.24) is 0 Å². The number of furan rings is 1. The smallest absolute Gasteiger partial charge is 0.134 e. The van der Waals surface area contributed by atoms with Crippen LogP contribution >= 0.6 is 15.9 Å². The molecular formula is C14H17BrO. The number of para-hydroxylation sites is 1. The molecule has 0 aliphatic rings. The summed E-state index contributed by atoms with van der Waals surface area (Å²) in [5, 5.41) is 1.20. The van der Waals surface area contributed by atoms with Gasteiger partial charge in [-0.15, -0.1) is 0 Å². The van der Waals surface area contributed by atoms with Gasteiger partial charge < -0.3 is 4.42 Å². The number of aryl methyl sites for hydroxylation is 1. The molecule has 0 radical (unpaired) electrons. The molecule has 2 rings (SSSR count). The van der Waals surface area contributed by atoms with Gasteiger partial charge in [-0.05, 0) is 24.5 Å². The Hall–Kier alpha value is -0.760. The first-order chi connectivity index (χ1) is 7.66. The van der Waals surface area contributed by atoms with Crippen molar-refractivity contribution in [2.45, 2.75) is 31.5 Å². The molecular weight excluding hydrogens is 264 g/mol. The lowest BCUT2D eigenvalue weighted by molar-refractivity contribution is 0.511. The van der Waals surface area contributed by atoms with Gasteiger partial charge in [-0.25, -0.2) is 0 Å². The first kappa shape index (κ1) is 11.7. The van der Waals surface area contributed by atoms with E-state index in [0.29, 0.717) is 10.7 Å². The lowest BCUT2D eigenvalue weighted by atomic mass is 10.1. The summed E-state index contributed by atoms with van der Waals surface area (Å²) >= 11 is 3.70. The fourth-order valence-electron chi connectivity index (χ4n) is 1.77. The summed E-state index contributed by atoms with van der Waals surface area (Å²) in [7, 11) is 0. The van der Waals surface area contributed by atoms with Gasteiger partial charge in [0, 0.05) is 16.6 Å². The number of alkyl halides is 1. The summed E-state index contributed by atoms with van der Waals surface area (Å²) in [6, 6.07) is 10.3. The molecule has 0 saturated heterocycles. The van der Waals surface area contributed by atoms with E-state index in [0.717, 1.165) is 24.2 Å². The second-order valence-electron chi connectivity index (χ2n) is 4.55. The maximum atomic E-state index is 5.78. The van der Waals surface area contributed by atoms with Gasteiger partial charge in [-0.2, -0.15) is 0 Å². The highest BCUT2D eigenvalue weighted by Crippen LogP contribution is 2.23. The van der Waals surface area contributed by atoms with Gasteiger partial charge >= 0.3 is 0 Å². The zero-order valence-electron chi connectivity index (χ0n) is 9.74. The van der Waals surface area contributed by atoms with Gasteiger partial charge in [0.05, 0.1) is 0 Å². The maximum Gasteiger partial charge on any atom is 0.134 e. The van der Waals surface area contributed by atoms with Crippen molar-refractivity contribution in [2.75, 3.05) is 0 Å². The van der Waals surface area contributed by atoms with Crippen molar-refractivity contribution < 1.29 is 4.42 Å². The maximum absolute atomic E-state index is 5.78. The van der Waals surface area contributed by atoms with Crippen LogP contribution in [0.1, 0.15) is 26.0 Å². The van der Waals surface area contributed by atoms with Crippen LogP contribution < -0.4 is 0 Å². The lowest BCUT2D eigenvalue weighted by Gasteiger charge is -2.11. The summed E-state index contributed by atoms with van der Waals surface area (Å²) in [6.45, 7) is 4.47. The van der Waals surface area contributed by atoms with Crippen LogP contribution in [0.25, 0.3) is 11.0 Å². The van der Waals surface area contributed by atoms with Crippen LogP contribution in [0.4, 0.5) is 0 Å². The van der Waals surface area contributed by atoms with E-state index in [-0.39, 0.29) is 0 Å². The molecule has 2 heteroatoms. The minimum Gasteiger partial charge on any atom is -0.461 e. The normalized spacial score (nSPS) is 13.5. The molecule has 2 aromatic rings. The monoisotopic (exact) mass is 280 g/mol. The fraction of sp³-hybridized carbons (Fsp3) is 0.429. The molecule has 0 saturated carbocycles. The number of halogens is 1. The molecule has 0 spiro atoms. The average molecular weight is 281 g/mol. The lowest BCUT2D eigenvalue weighted by Crippen LogP contribution is -2.07. The fourth-order valence-corrected chi connectivity index (χ4v) is 2.00. The third-order valence-corrected chi connectivity index (χ3v) is 4.38. The van der Waals surface area contributed by atoms with Gasteiger partial charge in [0.25, 0.3) is 0 Å². The van der Waals surface area contributed by atoms with E-state index in [1.807, 2.05) is 18.2 Å². The highest BCUT2D eigenvalue weighted by atomic mass is 79.9.